The summed E-state index contributed by atoms with van der Waals surface area (Å²) in [6, 6.07) is 0. The van der Waals surface area contributed by atoms with Crippen molar-refractivity contribution < 1.29 is 8.42 Å². The van der Waals surface area contributed by atoms with E-state index in [-0.39, 0.29) is 10.3 Å². The number of sulfone groups is 1. The minimum atomic E-state index is -3.36. The molecule has 0 radical (unpaired) electrons. The molecule has 0 saturated carbocycles. The van der Waals surface area contributed by atoms with Crippen LogP contribution in [0, 0.1) is 0 Å². The van der Waals surface area contributed by atoms with Gasteiger partial charge in [-0.15, -0.1) is 0 Å². The lowest BCUT2D eigenvalue weighted by molar-refractivity contribution is 0.592. The minimum Gasteiger partial charge on any atom is -0.226 e. The fourth-order valence-corrected chi connectivity index (χ4v) is 1.60. The Labute approximate surface area is 81.9 Å². The molecule has 0 N–H and O–H groups in total. The topological polar surface area (TPSA) is 59.9 Å². The SMILES string of the molecule is CCc1cnc(S(C)(=O)=O)nc1Cl. The molecule has 0 aliphatic rings. The number of aromatic nitrogens is 2. The molecule has 0 spiro atoms. The van der Waals surface area contributed by atoms with Crippen LogP contribution in [0.25, 0.3) is 0 Å². The maximum Gasteiger partial charge on any atom is 0.248 e. The van der Waals surface area contributed by atoms with Gasteiger partial charge in [0.25, 0.3) is 0 Å². The molecule has 6 heteroatoms. The van der Waals surface area contributed by atoms with Gasteiger partial charge < -0.3 is 0 Å². The van der Waals surface area contributed by atoms with Crippen molar-refractivity contribution in [3.63, 3.8) is 0 Å². The zero-order chi connectivity index (χ0) is 10.1. The molecule has 1 rings (SSSR count). The van der Waals surface area contributed by atoms with E-state index in [9.17, 15) is 8.42 Å². The molecule has 0 aliphatic heterocycles. The average molecular weight is 221 g/mol. The van der Waals surface area contributed by atoms with Gasteiger partial charge in [0.15, 0.2) is 0 Å². The van der Waals surface area contributed by atoms with E-state index in [0.717, 1.165) is 11.8 Å². The Kier molecular flexibility index (Phi) is 2.87. The van der Waals surface area contributed by atoms with Gasteiger partial charge in [-0.05, 0) is 6.42 Å². The van der Waals surface area contributed by atoms with Gasteiger partial charge in [0.05, 0.1) is 0 Å². The first kappa shape index (κ1) is 10.4. The zero-order valence-corrected chi connectivity index (χ0v) is 8.85. The second-order valence-corrected chi connectivity index (χ2v) is 4.86. The molecule has 72 valence electrons. The van der Waals surface area contributed by atoms with E-state index < -0.39 is 9.84 Å². The molecule has 0 aliphatic carbocycles. The Morgan fingerprint density at radius 3 is 2.54 bits per heavy atom. The predicted octanol–water partition coefficient (Wildman–Crippen LogP) is 1.10. The molecule has 13 heavy (non-hydrogen) atoms. The minimum absolute atomic E-state index is 0.206. The van der Waals surface area contributed by atoms with Crippen molar-refractivity contribution in [3.05, 3.63) is 16.9 Å². The Hall–Kier alpha value is -0.680. The Bertz CT molecular complexity index is 417. The third kappa shape index (κ3) is 2.38. The number of hydrogen-bond donors (Lipinski definition) is 0. The van der Waals surface area contributed by atoms with Gasteiger partial charge >= 0.3 is 0 Å². The van der Waals surface area contributed by atoms with Crippen LogP contribution in [0.4, 0.5) is 0 Å². The van der Waals surface area contributed by atoms with Crippen molar-refractivity contribution >= 4 is 21.4 Å². The molecule has 0 amide bonds. The Morgan fingerprint density at radius 2 is 2.15 bits per heavy atom. The summed E-state index contributed by atoms with van der Waals surface area (Å²) < 4.78 is 22.0. The van der Waals surface area contributed by atoms with Crippen LogP contribution >= 0.6 is 11.6 Å². The first-order chi connectivity index (χ1) is 5.95. The van der Waals surface area contributed by atoms with Crippen LogP contribution in [0.3, 0.4) is 0 Å². The quantitative estimate of drug-likeness (QED) is 0.553. The summed E-state index contributed by atoms with van der Waals surface area (Å²) in [6.07, 6.45) is 3.17. The van der Waals surface area contributed by atoms with Crippen molar-refractivity contribution in [2.45, 2.75) is 18.5 Å². The molecule has 1 aromatic rings. The molecule has 0 fully saturated rings. The van der Waals surface area contributed by atoms with Crippen LogP contribution in [0.5, 0.6) is 0 Å². The lowest BCUT2D eigenvalue weighted by Gasteiger charge is -2.00. The van der Waals surface area contributed by atoms with Crippen LogP contribution in [0.15, 0.2) is 11.4 Å². The molecule has 0 atom stereocenters. The summed E-state index contributed by atoms with van der Waals surface area (Å²) in [5.74, 6) is 0. The van der Waals surface area contributed by atoms with E-state index in [4.69, 9.17) is 11.6 Å². The number of aryl methyl sites for hydroxylation is 1. The van der Waals surface area contributed by atoms with E-state index in [1.165, 1.54) is 6.20 Å². The first-order valence-electron chi connectivity index (χ1n) is 3.66. The average Bonchev–Trinajstić information content (AvgIpc) is 2.02. The third-order valence-electron chi connectivity index (χ3n) is 1.50. The Morgan fingerprint density at radius 1 is 1.54 bits per heavy atom. The molecule has 0 saturated heterocycles. The van der Waals surface area contributed by atoms with Gasteiger partial charge in [0.2, 0.25) is 15.0 Å². The predicted molar refractivity (Wildman–Crippen MR) is 49.5 cm³/mol. The van der Waals surface area contributed by atoms with Gasteiger partial charge in [-0.3, -0.25) is 0 Å². The molecule has 0 aromatic carbocycles. The van der Waals surface area contributed by atoms with Crippen LogP contribution in [0.1, 0.15) is 12.5 Å². The number of halogens is 1. The van der Waals surface area contributed by atoms with E-state index in [1.54, 1.807) is 0 Å². The summed E-state index contributed by atoms with van der Waals surface area (Å²) in [5.41, 5.74) is 0.745. The second kappa shape index (κ2) is 3.59. The highest BCUT2D eigenvalue weighted by molar-refractivity contribution is 7.90. The van der Waals surface area contributed by atoms with Crippen molar-refractivity contribution in [2.75, 3.05) is 6.26 Å². The Balaban J connectivity index is 3.26. The van der Waals surface area contributed by atoms with Crippen molar-refractivity contribution in [2.24, 2.45) is 0 Å². The standard InChI is InChI=1S/C7H9ClN2O2S/c1-3-5-4-9-7(10-6(5)8)13(2,11)12/h4H,3H2,1-2H3. The number of rotatable bonds is 2. The van der Waals surface area contributed by atoms with E-state index in [2.05, 4.69) is 9.97 Å². The molecule has 0 bridgehead atoms. The maximum atomic E-state index is 11.0. The normalized spacial score (nSPS) is 11.6. The monoisotopic (exact) mass is 220 g/mol. The summed E-state index contributed by atoms with van der Waals surface area (Å²) in [6.45, 7) is 1.89. The number of hydrogen-bond acceptors (Lipinski definition) is 4. The smallest absolute Gasteiger partial charge is 0.226 e. The molecule has 0 unspecified atom stereocenters. The highest BCUT2D eigenvalue weighted by Gasteiger charge is 2.12. The lowest BCUT2D eigenvalue weighted by atomic mass is 10.3. The van der Waals surface area contributed by atoms with E-state index in [1.807, 2.05) is 6.92 Å². The van der Waals surface area contributed by atoms with Crippen LogP contribution in [0.2, 0.25) is 5.15 Å². The van der Waals surface area contributed by atoms with Crippen LogP contribution in [-0.4, -0.2) is 24.6 Å². The van der Waals surface area contributed by atoms with Gasteiger partial charge in [-0.25, -0.2) is 18.4 Å². The summed E-state index contributed by atoms with van der Waals surface area (Å²) in [4.78, 5) is 7.38. The maximum absolute atomic E-state index is 11.0. The lowest BCUT2D eigenvalue weighted by Crippen LogP contribution is -2.05. The summed E-state index contributed by atoms with van der Waals surface area (Å²) in [5, 5.41) is -0.0207. The van der Waals surface area contributed by atoms with E-state index >= 15 is 0 Å². The zero-order valence-electron chi connectivity index (χ0n) is 7.28. The number of nitrogens with zero attached hydrogens (tertiary/aromatic N) is 2. The second-order valence-electron chi connectivity index (χ2n) is 2.59. The molecular weight excluding hydrogens is 212 g/mol. The van der Waals surface area contributed by atoms with Crippen LogP contribution < -0.4 is 0 Å². The van der Waals surface area contributed by atoms with Gasteiger partial charge in [0.1, 0.15) is 5.15 Å². The van der Waals surface area contributed by atoms with Gasteiger partial charge in [-0.1, -0.05) is 18.5 Å². The highest BCUT2D eigenvalue weighted by Crippen LogP contribution is 2.14. The highest BCUT2D eigenvalue weighted by atomic mass is 35.5. The third-order valence-corrected chi connectivity index (χ3v) is 2.69. The fourth-order valence-electron chi connectivity index (χ4n) is 0.787. The molecule has 1 aromatic heterocycles. The molecular formula is C7H9ClN2O2S. The van der Waals surface area contributed by atoms with Crippen LogP contribution in [-0.2, 0) is 16.3 Å². The first-order valence-corrected chi connectivity index (χ1v) is 5.93. The van der Waals surface area contributed by atoms with E-state index in [0.29, 0.717) is 6.42 Å². The largest absolute Gasteiger partial charge is 0.248 e. The fraction of sp³-hybridized carbons (Fsp3) is 0.429. The van der Waals surface area contributed by atoms with Crippen molar-refractivity contribution in [3.8, 4) is 0 Å². The summed E-state index contributed by atoms with van der Waals surface area (Å²) in [7, 11) is -3.36. The molecule has 1 heterocycles. The van der Waals surface area contributed by atoms with Gasteiger partial charge in [0, 0.05) is 18.0 Å². The molecule has 4 nitrogen and oxygen atoms in total. The summed E-state index contributed by atoms with van der Waals surface area (Å²) >= 11 is 5.72. The van der Waals surface area contributed by atoms with Crippen molar-refractivity contribution in [1.29, 1.82) is 0 Å². The van der Waals surface area contributed by atoms with Gasteiger partial charge in [-0.2, -0.15) is 0 Å². The van der Waals surface area contributed by atoms with Crippen molar-refractivity contribution in [1.82, 2.24) is 9.97 Å².